The van der Waals surface area contributed by atoms with E-state index >= 15 is 0 Å². The minimum Gasteiger partial charge on any atom is -0.325 e. The summed E-state index contributed by atoms with van der Waals surface area (Å²) in [4.78, 5) is 4.00. The molecule has 0 atom stereocenters. The van der Waals surface area contributed by atoms with Gasteiger partial charge in [0.1, 0.15) is 4.90 Å². The van der Waals surface area contributed by atoms with Crippen molar-refractivity contribution in [3.05, 3.63) is 36.4 Å². The summed E-state index contributed by atoms with van der Waals surface area (Å²) in [6.45, 7) is 0.0580. The molecule has 90 valence electrons. The molecule has 17 heavy (non-hydrogen) atoms. The Morgan fingerprint density at radius 3 is 2.94 bits per heavy atom. The van der Waals surface area contributed by atoms with Crippen LogP contribution in [0.5, 0.6) is 0 Å². The molecule has 2 aromatic heterocycles. The van der Waals surface area contributed by atoms with E-state index in [0.29, 0.717) is 11.4 Å². The number of H-pyrrole nitrogens is 1. The number of nitrogens with zero attached hydrogens (tertiary/aromatic N) is 2. The molecule has 0 radical (unpaired) electrons. The third-order valence-corrected chi connectivity index (χ3v) is 3.54. The second kappa shape index (κ2) is 4.52. The Balaban J connectivity index is 2.38. The van der Waals surface area contributed by atoms with Crippen LogP contribution < -0.4 is 10.5 Å². The van der Waals surface area contributed by atoms with Crippen molar-refractivity contribution in [3.8, 4) is 0 Å². The summed E-state index contributed by atoms with van der Waals surface area (Å²) in [5.74, 6) is 0. The monoisotopic (exact) mass is 253 g/mol. The van der Waals surface area contributed by atoms with Gasteiger partial charge in [-0.3, -0.25) is 14.8 Å². The molecule has 0 aliphatic carbocycles. The van der Waals surface area contributed by atoms with Crippen LogP contribution in [0.25, 0.3) is 0 Å². The molecule has 0 saturated carbocycles. The van der Waals surface area contributed by atoms with Gasteiger partial charge in [-0.25, -0.2) is 8.42 Å². The van der Waals surface area contributed by atoms with E-state index in [2.05, 4.69) is 19.9 Å². The van der Waals surface area contributed by atoms with Crippen molar-refractivity contribution in [2.75, 3.05) is 4.72 Å². The van der Waals surface area contributed by atoms with E-state index < -0.39 is 10.0 Å². The van der Waals surface area contributed by atoms with Crippen LogP contribution in [0.1, 0.15) is 5.69 Å². The maximum atomic E-state index is 12.0. The number of aromatic nitrogens is 3. The topological polar surface area (TPSA) is 114 Å². The number of anilines is 1. The predicted octanol–water partition coefficient (Wildman–Crippen LogP) is 0.0642. The van der Waals surface area contributed by atoms with Gasteiger partial charge in [0.05, 0.1) is 17.6 Å². The third-order valence-electron chi connectivity index (χ3n) is 2.08. The molecule has 0 bridgehead atoms. The summed E-state index contributed by atoms with van der Waals surface area (Å²) >= 11 is 0. The van der Waals surface area contributed by atoms with Crippen LogP contribution in [0.2, 0.25) is 0 Å². The highest BCUT2D eigenvalue weighted by molar-refractivity contribution is 7.92. The largest absolute Gasteiger partial charge is 0.325 e. The quantitative estimate of drug-likeness (QED) is 0.713. The lowest BCUT2D eigenvalue weighted by atomic mass is 10.3. The highest BCUT2D eigenvalue weighted by Gasteiger charge is 2.18. The average Bonchev–Trinajstić information content (AvgIpc) is 2.81. The summed E-state index contributed by atoms with van der Waals surface area (Å²) in [6, 6.07) is 3.00. The van der Waals surface area contributed by atoms with Crippen LogP contribution in [0, 0.1) is 0 Å². The Morgan fingerprint density at radius 1 is 1.47 bits per heavy atom. The van der Waals surface area contributed by atoms with Gasteiger partial charge in [0.15, 0.2) is 0 Å². The zero-order valence-electron chi connectivity index (χ0n) is 8.79. The Hall–Kier alpha value is -1.93. The number of nitrogens with two attached hydrogens (primary N) is 1. The van der Waals surface area contributed by atoms with E-state index in [0.717, 1.165) is 0 Å². The summed E-state index contributed by atoms with van der Waals surface area (Å²) in [5, 5.41) is 6.17. The van der Waals surface area contributed by atoms with Gasteiger partial charge in [-0.15, -0.1) is 0 Å². The maximum Gasteiger partial charge on any atom is 0.263 e. The molecule has 0 fully saturated rings. The molecular formula is C9H11N5O2S. The van der Waals surface area contributed by atoms with Crippen molar-refractivity contribution in [1.29, 1.82) is 0 Å². The third kappa shape index (κ3) is 2.43. The summed E-state index contributed by atoms with van der Waals surface area (Å²) in [6.07, 6.45) is 4.31. The van der Waals surface area contributed by atoms with E-state index in [-0.39, 0.29) is 11.4 Å². The smallest absolute Gasteiger partial charge is 0.263 e. The Morgan fingerprint density at radius 2 is 2.29 bits per heavy atom. The molecule has 0 saturated heterocycles. The average molecular weight is 253 g/mol. The van der Waals surface area contributed by atoms with E-state index in [1.54, 1.807) is 6.07 Å². The fourth-order valence-corrected chi connectivity index (χ4v) is 2.57. The van der Waals surface area contributed by atoms with Gasteiger partial charge >= 0.3 is 0 Å². The van der Waals surface area contributed by atoms with E-state index in [9.17, 15) is 8.42 Å². The normalized spacial score (nSPS) is 11.4. The number of sulfonamides is 1. The highest BCUT2D eigenvalue weighted by Crippen LogP contribution is 2.16. The molecule has 0 unspecified atom stereocenters. The molecule has 0 aromatic carbocycles. The second-order valence-electron chi connectivity index (χ2n) is 3.24. The maximum absolute atomic E-state index is 12.0. The van der Waals surface area contributed by atoms with E-state index in [4.69, 9.17) is 5.73 Å². The first-order chi connectivity index (χ1) is 8.13. The first-order valence-electron chi connectivity index (χ1n) is 4.79. The Kier molecular flexibility index (Phi) is 3.07. The van der Waals surface area contributed by atoms with Crippen LogP contribution in [0.15, 0.2) is 35.6 Å². The van der Waals surface area contributed by atoms with Crippen LogP contribution in [-0.2, 0) is 16.6 Å². The lowest BCUT2D eigenvalue weighted by Gasteiger charge is -2.08. The van der Waals surface area contributed by atoms with Crippen LogP contribution in [0.3, 0.4) is 0 Å². The Bertz CT molecular complexity index is 594. The predicted molar refractivity (Wildman–Crippen MR) is 61.5 cm³/mol. The number of nitrogens with one attached hydrogen (secondary N) is 2. The number of rotatable bonds is 4. The fourth-order valence-electron chi connectivity index (χ4n) is 1.34. The van der Waals surface area contributed by atoms with Gasteiger partial charge in [-0.05, 0) is 12.1 Å². The molecule has 0 spiro atoms. The minimum atomic E-state index is -3.68. The molecule has 4 N–H and O–H groups in total. The molecule has 2 aromatic rings. The van der Waals surface area contributed by atoms with Gasteiger partial charge in [-0.2, -0.15) is 5.10 Å². The fraction of sp³-hybridized carbons (Fsp3) is 0.111. The second-order valence-corrected chi connectivity index (χ2v) is 4.90. The minimum absolute atomic E-state index is 0.0580. The molecule has 0 aliphatic heterocycles. The molecular weight excluding hydrogens is 242 g/mol. The van der Waals surface area contributed by atoms with Crippen LogP contribution in [0.4, 0.5) is 5.69 Å². The van der Waals surface area contributed by atoms with Crippen molar-refractivity contribution >= 4 is 15.7 Å². The summed E-state index contributed by atoms with van der Waals surface area (Å²) in [7, 11) is -3.68. The molecule has 0 aliphatic rings. The lowest BCUT2D eigenvalue weighted by molar-refractivity contribution is 0.599. The van der Waals surface area contributed by atoms with Crippen molar-refractivity contribution in [1.82, 2.24) is 15.2 Å². The van der Waals surface area contributed by atoms with Gasteiger partial charge in [-0.1, -0.05) is 0 Å². The van der Waals surface area contributed by atoms with Crippen LogP contribution in [-0.4, -0.2) is 23.6 Å². The van der Waals surface area contributed by atoms with Gasteiger partial charge in [0, 0.05) is 18.9 Å². The summed E-state index contributed by atoms with van der Waals surface area (Å²) < 4.78 is 26.4. The van der Waals surface area contributed by atoms with E-state index in [1.807, 2.05) is 0 Å². The number of hydrogen-bond donors (Lipinski definition) is 3. The van der Waals surface area contributed by atoms with Crippen molar-refractivity contribution < 1.29 is 8.42 Å². The number of hydrogen-bond acceptors (Lipinski definition) is 5. The zero-order valence-corrected chi connectivity index (χ0v) is 9.61. The van der Waals surface area contributed by atoms with Crippen LogP contribution >= 0.6 is 0 Å². The molecule has 2 rings (SSSR count). The molecule has 7 nitrogen and oxygen atoms in total. The SMILES string of the molecule is NCc1ncccc1S(=O)(=O)Nc1cn[nH]c1. The van der Waals surface area contributed by atoms with Gasteiger partial charge in [0.2, 0.25) is 0 Å². The number of pyridine rings is 1. The van der Waals surface area contributed by atoms with E-state index in [1.165, 1.54) is 24.7 Å². The first kappa shape index (κ1) is 11.6. The zero-order chi connectivity index (χ0) is 12.3. The highest BCUT2D eigenvalue weighted by atomic mass is 32.2. The summed E-state index contributed by atoms with van der Waals surface area (Å²) in [5.41, 5.74) is 6.13. The molecule has 8 heteroatoms. The number of aromatic amines is 1. The van der Waals surface area contributed by atoms with Gasteiger partial charge in [0.25, 0.3) is 10.0 Å². The van der Waals surface area contributed by atoms with Crippen molar-refractivity contribution in [2.24, 2.45) is 5.73 Å². The molecule has 2 heterocycles. The Labute approximate surface area is 98.1 Å². The first-order valence-corrected chi connectivity index (χ1v) is 6.27. The van der Waals surface area contributed by atoms with Crippen molar-refractivity contribution in [2.45, 2.75) is 11.4 Å². The molecule has 0 amide bonds. The standard InChI is InChI=1S/C9H11N5O2S/c10-4-8-9(2-1-3-11-8)17(15,16)14-7-5-12-13-6-7/h1-3,5-6,14H,4,10H2,(H,12,13). The lowest BCUT2D eigenvalue weighted by Crippen LogP contribution is -2.16. The van der Waals surface area contributed by atoms with Gasteiger partial charge < -0.3 is 5.73 Å². The van der Waals surface area contributed by atoms with Crippen molar-refractivity contribution in [3.63, 3.8) is 0 Å².